The fourth-order valence-corrected chi connectivity index (χ4v) is 5.33. The number of rotatable bonds is 2. The van der Waals surface area contributed by atoms with Gasteiger partial charge in [0.05, 0.1) is 11.7 Å². The molecule has 4 rings (SSSR count). The van der Waals surface area contributed by atoms with Crippen LogP contribution >= 0.6 is 0 Å². The van der Waals surface area contributed by atoms with Crippen LogP contribution in [0.5, 0.6) is 5.75 Å². The zero-order valence-electron chi connectivity index (χ0n) is 14.8. The van der Waals surface area contributed by atoms with Crippen LogP contribution in [0.25, 0.3) is 0 Å². The molecule has 0 saturated carbocycles. The van der Waals surface area contributed by atoms with Gasteiger partial charge in [-0.2, -0.15) is 4.31 Å². The van der Waals surface area contributed by atoms with Gasteiger partial charge in [-0.1, -0.05) is 18.2 Å². The summed E-state index contributed by atoms with van der Waals surface area (Å²) < 4.78 is 33.7. The number of ether oxygens (including phenoxy) is 1. The fourth-order valence-electron chi connectivity index (χ4n) is 3.80. The molecule has 2 aliphatic rings. The van der Waals surface area contributed by atoms with Crippen LogP contribution in [0.3, 0.4) is 0 Å². The van der Waals surface area contributed by atoms with Gasteiger partial charge in [-0.05, 0) is 37.1 Å². The molecule has 7 heteroatoms. The van der Waals surface area contributed by atoms with Gasteiger partial charge in [0, 0.05) is 32.9 Å². The topological polar surface area (TPSA) is 62.7 Å². The molecule has 0 aliphatic carbocycles. The van der Waals surface area contributed by atoms with Crippen molar-refractivity contribution in [2.24, 2.45) is 0 Å². The number of likely N-dealkylation sites (tertiary alicyclic amines) is 1. The van der Waals surface area contributed by atoms with Crippen LogP contribution in [0.1, 0.15) is 18.5 Å². The number of pyridine rings is 1. The van der Waals surface area contributed by atoms with E-state index in [-0.39, 0.29) is 17.0 Å². The van der Waals surface area contributed by atoms with Crippen molar-refractivity contribution in [2.75, 3.05) is 20.1 Å². The second kappa shape index (κ2) is 6.98. The number of likely N-dealkylation sites (N-methyl/N-ethyl adjacent to an activating group) is 1. The molecule has 138 valence electrons. The van der Waals surface area contributed by atoms with E-state index in [2.05, 4.69) is 9.88 Å². The van der Waals surface area contributed by atoms with E-state index in [9.17, 15) is 8.42 Å². The van der Waals surface area contributed by atoms with Gasteiger partial charge in [0.25, 0.3) is 0 Å². The van der Waals surface area contributed by atoms with Gasteiger partial charge in [0.1, 0.15) is 16.7 Å². The molecule has 0 spiro atoms. The highest BCUT2D eigenvalue weighted by molar-refractivity contribution is 7.89. The first kappa shape index (κ1) is 17.5. The first-order chi connectivity index (χ1) is 12.6. The summed E-state index contributed by atoms with van der Waals surface area (Å²) in [5, 5.41) is 0. The number of aromatic nitrogens is 1. The Morgan fingerprint density at radius 1 is 1.12 bits per heavy atom. The molecule has 1 aromatic heterocycles. The SMILES string of the molecule is CN1[C@H]2CCN(Cc3ccccn3)CC[C@@H]2Oc2ccccc2S1(=O)=O. The zero-order valence-corrected chi connectivity index (χ0v) is 15.6. The summed E-state index contributed by atoms with van der Waals surface area (Å²) in [5.41, 5.74) is 1.03. The van der Waals surface area contributed by atoms with Gasteiger partial charge < -0.3 is 4.74 Å². The van der Waals surface area contributed by atoms with Crippen molar-refractivity contribution in [3.05, 3.63) is 54.4 Å². The summed E-state index contributed by atoms with van der Waals surface area (Å²) in [6, 6.07) is 12.7. The van der Waals surface area contributed by atoms with Crippen LogP contribution in [-0.4, -0.2) is 54.9 Å². The molecule has 1 saturated heterocycles. The van der Waals surface area contributed by atoms with Crippen molar-refractivity contribution in [3.8, 4) is 5.75 Å². The molecule has 0 N–H and O–H groups in total. The van der Waals surface area contributed by atoms with Crippen molar-refractivity contribution in [3.63, 3.8) is 0 Å². The minimum atomic E-state index is -3.54. The lowest BCUT2D eigenvalue weighted by atomic mass is 10.1. The number of nitrogens with zero attached hydrogens (tertiary/aromatic N) is 3. The van der Waals surface area contributed by atoms with Gasteiger partial charge in [0.15, 0.2) is 0 Å². The maximum atomic E-state index is 13.0. The average molecular weight is 373 g/mol. The number of benzene rings is 1. The van der Waals surface area contributed by atoms with E-state index in [1.807, 2.05) is 24.3 Å². The van der Waals surface area contributed by atoms with Crippen molar-refractivity contribution in [1.82, 2.24) is 14.2 Å². The van der Waals surface area contributed by atoms with Gasteiger partial charge >= 0.3 is 0 Å². The van der Waals surface area contributed by atoms with Crippen molar-refractivity contribution < 1.29 is 13.2 Å². The Morgan fingerprint density at radius 2 is 1.88 bits per heavy atom. The largest absolute Gasteiger partial charge is 0.487 e. The normalized spacial score (nSPS) is 26.0. The van der Waals surface area contributed by atoms with Gasteiger partial charge in [-0.25, -0.2) is 8.42 Å². The van der Waals surface area contributed by atoms with E-state index in [0.717, 1.165) is 38.2 Å². The number of para-hydroxylation sites is 1. The highest BCUT2D eigenvalue weighted by atomic mass is 32.2. The summed E-state index contributed by atoms with van der Waals surface area (Å²) in [5.74, 6) is 0.463. The number of fused-ring (bicyclic) bond motifs is 2. The number of sulfonamides is 1. The predicted molar refractivity (Wildman–Crippen MR) is 98.3 cm³/mol. The van der Waals surface area contributed by atoms with E-state index in [1.54, 1.807) is 31.4 Å². The Morgan fingerprint density at radius 3 is 2.69 bits per heavy atom. The molecular formula is C19H23N3O3S. The Kier molecular flexibility index (Phi) is 4.69. The molecule has 3 heterocycles. The van der Waals surface area contributed by atoms with Crippen LogP contribution < -0.4 is 4.74 Å². The molecule has 1 aromatic carbocycles. The Balaban J connectivity index is 1.58. The van der Waals surface area contributed by atoms with Gasteiger partial charge in [-0.15, -0.1) is 0 Å². The standard InChI is InChI=1S/C19H23N3O3S/c1-21-16-9-12-22(14-15-6-4-5-11-20-15)13-10-17(16)25-18-7-2-3-8-19(18)26(21,23)24/h2-8,11,16-17H,9-10,12-14H2,1H3/t16-,17-/m0/s1. The van der Waals surface area contributed by atoms with E-state index < -0.39 is 10.0 Å². The number of hydrogen-bond donors (Lipinski definition) is 0. The summed E-state index contributed by atoms with van der Waals surface area (Å²) in [6.45, 7) is 2.44. The zero-order chi connectivity index (χ0) is 18.1. The maximum absolute atomic E-state index is 13.0. The predicted octanol–water partition coefficient (Wildman–Crippen LogP) is 2.13. The second-order valence-corrected chi connectivity index (χ2v) is 8.83. The molecule has 2 atom stereocenters. The second-order valence-electron chi connectivity index (χ2n) is 6.87. The lowest BCUT2D eigenvalue weighted by Crippen LogP contribution is -2.44. The van der Waals surface area contributed by atoms with E-state index in [4.69, 9.17) is 4.74 Å². The van der Waals surface area contributed by atoms with Crippen molar-refractivity contribution in [2.45, 2.75) is 36.4 Å². The summed E-state index contributed by atoms with van der Waals surface area (Å²) in [4.78, 5) is 6.99. The average Bonchev–Trinajstić information content (AvgIpc) is 2.88. The third-order valence-electron chi connectivity index (χ3n) is 5.26. The van der Waals surface area contributed by atoms with Crippen LogP contribution in [0, 0.1) is 0 Å². The Labute approximate surface area is 154 Å². The quantitative estimate of drug-likeness (QED) is 0.807. The highest BCUT2D eigenvalue weighted by Gasteiger charge is 2.41. The van der Waals surface area contributed by atoms with E-state index >= 15 is 0 Å². The first-order valence-corrected chi connectivity index (χ1v) is 10.4. The molecular weight excluding hydrogens is 350 g/mol. The molecule has 0 amide bonds. The van der Waals surface area contributed by atoms with E-state index in [1.165, 1.54) is 4.31 Å². The molecule has 1 fully saturated rings. The summed E-state index contributed by atoms with van der Waals surface area (Å²) >= 11 is 0. The van der Waals surface area contributed by atoms with Gasteiger partial charge in [-0.3, -0.25) is 9.88 Å². The summed E-state index contributed by atoms with van der Waals surface area (Å²) in [7, 11) is -1.87. The molecule has 0 radical (unpaired) electrons. The highest BCUT2D eigenvalue weighted by Crippen LogP contribution is 2.35. The van der Waals surface area contributed by atoms with Crippen LogP contribution in [-0.2, 0) is 16.6 Å². The fraction of sp³-hybridized carbons (Fsp3) is 0.421. The minimum absolute atomic E-state index is 0.146. The van der Waals surface area contributed by atoms with Gasteiger partial charge in [0.2, 0.25) is 10.0 Å². The van der Waals surface area contributed by atoms with Crippen molar-refractivity contribution in [1.29, 1.82) is 0 Å². The maximum Gasteiger partial charge on any atom is 0.246 e. The van der Waals surface area contributed by atoms with Crippen LogP contribution in [0.15, 0.2) is 53.6 Å². The third-order valence-corrected chi connectivity index (χ3v) is 7.19. The monoisotopic (exact) mass is 373 g/mol. The van der Waals surface area contributed by atoms with Crippen molar-refractivity contribution >= 4 is 10.0 Å². The van der Waals surface area contributed by atoms with Crippen LogP contribution in [0.4, 0.5) is 0 Å². The van der Waals surface area contributed by atoms with Crippen LogP contribution in [0.2, 0.25) is 0 Å². The minimum Gasteiger partial charge on any atom is -0.487 e. The summed E-state index contributed by atoms with van der Waals surface area (Å²) in [6.07, 6.45) is 3.18. The lowest BCUT2D eigenvalue weighted by molar-refractivity contribution is 0.122. The lowest BCUT2D eigenvalue weighted by Gasteiger charge is -2.28. The smallest absolute Gasteiger partial charge is 0.246 e. The molecule has 0 unspecified atom stereocenters. The molecule has 6 nitrogen and oxygen atoms in total. The number of hydrogen-bond acceptors (Lipinski definition) is 5. The first-order valence-electron chi connectivity index (χ1n) is 8.92. The molecule has 26 heavy (non-hydrogen) atoms. The Hall–Kier alpha value is -1.96. The molecule has 2 aromatic rings. The Bertz CT molecular complexity index is 873. The molecule has 0 bridgehead atoms. The molecule has 2 aliphatic heterocycles. The third kappa shape index (κ3) is 3.22. The van der Waals surface area contributed by atoms with E-state index in [0.29, 0.717) is 5.75 Å².